The number of sulfonamides is 1. The maximum absolute atomic E-state index is 13.7. The first-order valence-corrected chi connectivity index (χ1v) is 14.0. The van der Waals surface area contributed by atoms with Gasteiger partial charge in [0, 0.05) is 58.8 Å². The van der Waals surface area contributed by atoms with E-state index in [0.717, 1.165) is 61.3 Å². The highest BCUT2D eigenvalue weighted by Crippen LogP contribution is 2.31. The molecule has 190 valence electrons. The van der Waals surface area contributed by atoms with Crippen LogP contribution in [0.15, 0.2) is 41.3 Å². The fourth-order valence-electron chi connectivity index (χ4n) is 4.97. The molecule has 2 aromatic carbocycles. The van der Waals surface area contributed by atoms with Gasteiger partial charge in [-0.15, -0.1) is 0 Å². The van der Waals surface area contributed by atoms with Crippen molar-refractivity contribution in [2.45, 2.75) is 57.0 Å². The van der Waals surface area contributed by atoms with Crippen LogP contribution in [0.4, 0.5) is 5.69 Å². The third kappa shape index (κ3) is 5.48. The number of carbonyl (C=O) groups excluding carboxylic acids is 1. The maximum Gasteiger partial charge on any atom is 0.256 e. The fraction of sp³-hybridized carbons (Fsp3) is 0.519. The summed E-state index contributed by atoms with van der Waals surface area (Å²) in [6.07, 6.45) is 4.88. The molecule has 0 bridgehead atoms. The summed E-state index contributed by atoms with van der Waals surface area (Å²) in [6.45, 7) is 7.03. The number of nitrogens with zero attached hydrogens (tertiary/aromatic N) is 3. The van der Waals surface area contributed by atoms with Crippen molar-refractivity contribution in [2.24, 2.45) is 0 Å². The van der Waals surface area contributed by atoms with Gasteiger partial charge >= 0.3 is 0 Å². The molecule has 2 aromatic rings. The number of hydrogen-bond donors (Lipinski definition) is 0. The number of rotatable bonds is 6. The molecular formula is C27H37N3O4S. The van der Waals surface area contributed by atoms with Crippen molar-refractivity contribution in [3.8, 4) is 5.75 Å². The van der Waals surface area contributed by atoms with Gasteiger partial charge in [-0.05, 0) is 62.4 Å². The van der Waals surface area contributed by atoms with E-state index in [1.165, 1.54) is 24.8 Å². The molecule has 2 fully saturated rings. The summed E-state index contributed by atoms with van der Waals surface area (Å²) in [4.78, 5) is 18.0. The van der Waals surface area contributed by atoms with Crippen LogP contribution in [0.1, 0.15) is 53.6 Å². The van der Waals surface area contributed by atoms with Crippen LogP contribution in [0.25, 0.3) is 0 Å². The van der Waals surface area contributed by atoms with Gasteiger partial charge in [0.25, 0.3) is 5.91 Å². The second-order valence-electron chi connectivity index (χ2n) is 9.84. The van der Waals surface area contributed by atoms with Crippen molar-refractivity contribution in [1.82, 2.24) is 9.21 Å². The summed E-state index contributed by atoms with van der Waals surface area (Å²) in [7, 11) is -0.618. The van der Waals surface area contributed by atoms with Gasteiger partial charge in [0.05, 0.1) is 10.5 Å². The predicted octanol–water partition coefficient (Wildman–Crippen LogP) is 4.23. The number of piperidine rings is 2. The molecule has 7 nitrogen and oxygen atoms in total. The Kier molecular flexibility index (Phi) is 7.71. The molecule has 0 radical (unpaired) electrons. The van der Waals surface area contributed by atoms with E-state index in [9.17, 15) is 13.2 Å². The van der Waals surface area contributed by atoms with Crippen LogP contribution in [-0.2, 0) is 10.0 Å². The lowest BCUT2D eigenvalue weighted by molar-refractivity contribution is 0.0593. The molecule has 0 unspecified atom stereocenters. The SMILES string of the molecule is Cc1cccc(C)c1OC1CCN(C(=O)c2cc(S(=O)(=O)N(C)C)ccc2N2CCCCC2)CC1. The quantitative estimate of drug-likeness (QED) is 0.595. The summed E-state index contributed by atoms with van der Waals surface area (Å²) in [5, 5.41) is 0. The standard InChI is InChI=1S/C27H37N3O4S/c1-20-9-8-10-21(2)26(20)34-22-13-17-30(18-14-22)27(31)24-19-23(35(32,33)28(3)4)11-12-25(24)29-15-6-5-7-16-29/h8-12,19,22H,5-7,13-18H2,1-4H3. The number of aryl methyl sites for hydroxylation is 2. The van der Waals surface area contributed by atoms with E-state index >= 15 is 0 Å². The second kappa shape index (κ2) is 10.6. The number of para-hydroxylation sites is 1. The summed E-state index contributed by atoms with van der Waals surface area (Å²) < 4.78 is 33.1. The van der Waals surface area contributed by atoms with Crippen molar-refractivity contribution in [2.75, 3.05) is 45.2 Å². The zero-order chi connectivity index (χ0) is 25.2. The summed E-state index contributed by atoms with van der Waals surface area (Å²) >= 11 is 0. The highest BCUT2D eigenvalue weighted by atomic mass is 32.2. The summed E-state index contributed by atoms with van der Waals surface area (Å²) in [5.74, 6) is 0.832. The Hall–Kier alpha value is -2.58. The van der Waals surface area contributed by atoms with Crippen LogP contribution in [0.3, 0.4) is 0 Å². The molecule has 0 spiro atoms. The largest absolute Gasteiger partial charge is 0.490 e. The summed E-state index contributed by atoms with van der Waals surface area (Å²) in [5.41, 5.74) is 3.55. The first-order valence-electron chi connectivity index (χ1n) is 12.5. The smallest absolute Gasteiger partial charge is 0.256 e. The molecule has 8 heteroatoms. The van der Waals surface area contributed by atoms with Crippen LogP contribution < -0.4 is 9.64 Å². The second-order valence-corrected chi connectivity index (χ2v) is 12.0. The summed E-state index contributed by atoms with van der Waals surface area (Å²) in [6, 6.07) is 11.1. The first kappa shape index (κ1) is 25.5. The van der Waals surface area contributed by atoms with Gasteiger partial charge in [-0.1, -0.05) is 18.2 Å². The van der Waals surface area contributed by atoms with E-state index in [1.807, 2.05) is 17.0 Å². The highest BCUT2D eigenvalue weighted by molar-refractivity contribution is 7.89. The fourth-order valence-corrected chi connectivity index (χ4v) is 5.90. The molecule has 0 aromatic heterocycles. The van der Waals surface area contributed by atoms with Crippen molar-refractivity contribution in [3.05, 3.63) is 53.1 Å². The number of amides is 1. The Balaban J connectivity index is 1.55. The maximum atomic E-state index is 13.7. The van der Waals surface area contributed by atoms with E-state index < -0.39 is 10.0 Å². The van der Waals surface area contributed by atoms with Crippen LogP contribution in [-0.4, -0.2) is 69.9 Å². The third-order valence-corrected chi connectivity index (χ3v) is 8.91. The number of anilines is 1. The number of likely N-dealkylation sites (tertiary alicyclic amines) is 1. The van der Waals surface area contributed by atoms with E-state index in [1.54, 1.807) is 12.1 Å². The van der Waals surface area contributed by atoms with Gasteiger partial charge < -0.3 is 14.5 Å². The van der Waals surface area contributed by atoms with Crippen molar-refractivity contribution >= 4 is 21.6 Å². The number of carbonyl (C=O) groups is 1. The topological polar surface area (TPSA) is 70.2 Å². The predicted molar refractivity (Wildman–Crippen MR) is 139 cm³/mol. The molecule has 0 atom stereocenters. The Morgan fingerprint density at radius 1 is 0.943 bits per heavy atom. The molecule has 2 heterocycles. The van der Waals surface area contributed by atoms with E-state index in [2.05, 4.69) is 30.9 Å². The van der Waals surface area contributed by atoms with Crippen LogP contribution in [0, 0.1) is 13.8 Å². The molecule has 0 N–H and O–H groups in total. The van der Waals surface area contributed by atoms with Gasteiger partial charge in [-0.25, -0.2) is 12.7 Å². The molecule has 0 saturated carbocycles. The molecule has 2 aliphatic heterocycles. The Morgan fingerprint density at radius 2 is 1.57 bits per heavy atom. The molecular weight excluding hydrogens is 462 g/mol. The molecule has 2 saturated heterocycles. The Morgan fingerprint density at radius 3 is 2.17 bits per heavy atom. The van der Waals surface area contributed by atoms with Gasteiger partial charge in [0.2, 0.25) is 10.0 Å². The number of ether oxygens (including phenoxy) is 1. The Labute approximate surface area is 209 Å². The molecule has 35 heavy (non-hydrogen) atoms. The molecule has 4 rings (SSSR count). The highest BCUT2D eigenvalue weighted by Gasteiger charge is 2.30. The molecule has 0 aliphatic carbocycles. The average molecular weight is 500 g/mol. The number of hydrogen-bond acceptors (Lipinski definition) is 5. The van der Waals surface area contributed by atoms with Crippen LogP contribution >= 0.6 is 0 Å². The lowest BCUT2D eigenvalue weighted by Gasteiger charge is -2.35. The van der Waals surface area contributed by atoms with E-state index in [-0.39, 0.29) is 16.9 Å². The van der Waals surface area contributed by atoms with Gasteiger partial charge in [-0.3, -0.25) is 4.79 Å². The van der Waals surface area contributed by atoms with Crippen molar-refractivity contribution < 1.29 is 17.9 Å². The zero-order valence-electron chi connectivity index (χ0n) is 21.3. The Bertz CT molecular complexity index is 1140. The van der Waals surface area contributed by atoms with E-state index in [0.29, 0.717) is 18.7 Å². The minimum absolute atomic E-state index is 0.0564. The third-order valence-electron chi connectivity index (χ3n) is 7.10. The minimum atomic E-state index is -3.64. The van der Waals surface area contributed by atoms with Crippen LogP contribution in [0.2, 0.25) is 0 Å². The number of benzene rings is 2. The van der Waals surface area contributed by atoms with Crippen molar-refractivity contribution in [1.29, 1.82) is 0 Å². The monoisotopic (exact) mass is 499 g/mol. The van der Waals surface area contributed by atoms with Gasteiger partial charge in [0.15, 0.2) is 0 Å². The zero-order valence-corrected chi connectivity index (χ0v) is 22.1. The van der Waals surface area contributed by atoms with Gasteiger partial charge in [0.1, 0.15) is 11.9 Å². The minimum Gasteiger partial charge on any atom is -0.490 e. The average Bonchev–Trinajstić information content (AvgIpc) is 2.86. The lowest BCUT2D eigenvalue weighted by Crippen LogP contribution is -2.42. The first-order chi connectivity index (χ1) is 16.7. The lowest BCUT2D eigenvalue weighted by atomic mass is 10.0. The van der Waals surface area contributed by atoms with Crippen molar-refractivity contribution in [3.63, 3.8) is 0 Å². The molecule has 2 aliphatic rings. The van der Waals surface area contributed by atoms with Crippen LogP contribution in [0.5, 0.6) is 5.75 Å². The normalized spacial score (nSPS) is 17.6. The van der Waals surface area contributed by atoms with E-state index in [4.69, 9.17) is 4.74 Å². The molecule has 1 amide bonds. The van der Waals surface area contributed by atoms with Gasteiger partial charge in [-0.2, -0.15) is 0 Å².